The highest BCUT2D eigenvalue weighted by Crippen LogP contribution is 2.15. The van der Waals surface area contributed by atoms with Gasteiger partial charge in [0, 0.05) is 28.9 Å². The number of hydrogen-bond acceptors (Lipinski definition) is 5. The van der Waals surface area contributed by atoms with Crippen molar-refractivity contribution < 1.29 is 5.11 Å². The summed E-state index contributed by atoms with van der Waals surface area (Å²) in [6.07, 6.45) is 4.97. The van der Waals surface area contributed by atoms with Crippen LogP contribution >= 0.6 is 23.1 Å². The molecular formula is C11H20N2OS2. The number of rotatable bonds is 7. The Kier molecular flexibility index (Phi) is 6.34. The van der Waals surface area contributed by atoms with Crippen molar-refractivity contribution in [2.45, 2.75) is 38.1 Å². The van der Waals surface area contributed by atoms with Crippen LogP contribution in [0.3, 0.4) is 0 Å². The van der Waals surface area contributed by atoms with Crippen molar-refractivity contribution in [2.24, 2.45) is 0 Å². The fraction of sp³-hybridized carbons (Fsp3) is 0.727. The fourth-order valence-corrected chi connectivity index (χ4v) is 2.89. The Morgan fingerprint density at radius 2 is 2.38 bits per heavy atom. The maximum Gasteiger partial charge on any atom is 0.0925 e. The van der Waals surface area contributed by atoms with Gasteiger partial charge < -0.3 is 10.4 Å². The highest BCUT2D eigenvalue weighted by Gasteiger charge is 2.14. The molecule has 0 aliphatic heterocycles. The number of aliphatic hydroxyl groups is 1. The topological polar surface area (TPSA) is 45.2 Å². The van der Waals surface area contributed by atoms with Crippen molar-refractivity contribution >= 4 is 23.1 Å². The van der Waals surface area contributed by atoms with Crippen molar-refractivity contribution in [2.75, 3.05) is 12.9 Å². The summed E-state index contributed by atoms with van der Waals surface area (Å²) in [6.45, 7) is 5.29. The fourth-order valence-electron chi connectivity index (χ4n) is 1.42. The van der Waals surface area contributed by atoms with Crippen molar-refractivity contribution in [3.05, 3.63) is 16.1 Å². The van der Waals surface area contributed by atoms with Gasteiger partial charge in [0.05, 0.1) is 11.6 Å². The van der Waals surface area contributed by atoms with Gasteiger partial charge in [-0.3, -0.25) is 0 Å². The molecule has 1 aromatic heterocycles. The zero-order chi connectivity index (χ0) is 12.0. The van der Waals surface area contributed by atoms with Crippen LogP contribution in [0, 0.1) is 0 Å². The van der Waals surface area contributed by atoms with Crippen LogP contribution in [0.4, 0.5) is 0 Å². The molecule has 0 bridgehead atoms. The third-order valence-electron chi connectivity index (χ3n) is 2.54. The van der Waals surface area contributed by atoms with Crippen molar-refractivity contribution in [1.29, 1.82) is 0 Å². The standard InChI is InChI=1S/C11H20N2OS2/c1-4-11-13-6-9(16-11)5-12-8(2)10(7-14)15-3/h6,8,10,12,14H,4-5,7H2,1-3H3. The van der Waals surface area contributed by atoms with E-state index in [0.29, 0.717) is 6.04 Å². The normalized spacial score (nSPS) is 15.0. The van der Waals surface area contributed by atoms with E-state index < -0.39 is 0 Å². The average molecular weight is 260 g/mol. The van der Waals surface area contributed by atoms with Gasteiger partial charge in [0.2, 0.25) is 0 Å². The van der Waals surface area contributed by atoms with E-state index in [1.165, 1.54) is 9.88 Å². The van der Waals surface area contributed by atoms with Gasteiger partial charge in [-0.15, -0.1) is 11.3 Å². The smallest absolute Gasteiger partial charge is 0.0925 e. The molecule has 16 heavy (non-hydrogen) atoms. The predicted octanol–water partition coefficient (Wildman–Crippen LogP) is 1.91. The van der Waals surface area contributed by atoms with E-state index in [0.717, 1.165) is 13.0 Å². The van der Waals surface area contributed by atoms with Crippen LogP contribution in [0.2, 0.25) is 0 Å². The van der Waals surface area contributed by atoms with Crippen LogP contribution < -0.4 is 5.32 Å². The molecule has 1 aromatic rings. The maximum atomic E-state index is 9.17. The second-order valence-corrected chi connectivity index (χ2v) is 5.98. The quantitative estimate of drug-likeness (QED) is 0.786. The molecule has 92 valence electrons. The average Bonchev–Trinajstić information content (AvgIpc) is 2.76. The second kappa shape index (κ2) is 7.27. The van der Waals surface area contributed by atoms with Crippen molar-refractivity contribution in [3.8, 4) is 0 Å². The zero-order valence-electron chi connectivity index (χ0n) is 10.1. The number of aliphatic hydroxyl groups excluding tert-OH is 1. The summed E-state index contributed by atoms with van der Waals surface area (Å²) >= 11 is 3.46. The number of aromatic nitrogens is 1. The van der Waals surface area contributed by atoms with Gasteiger partial charge in [0.1, 0.15) is 0 Å². The Hall–Kier alpha value is -0.100. The first-order valence-electron chi connectivity index (χ1n) is 5.51. The van der Waals surface area contributed by atoms with Crippen LogP contribution in [-0.2, 0) is 13.0 Å². The monoisotopic (exact) mass is 260 g/mol. The molecule has 2 atom stereocenters. The Balaban J connectivity index is 2.38. The molecule has 0 saturated heterocycles. The summed E-state index contributed by atoms with van der Waals surface area (Å²) in [5.41, 5.74) is 0. The van der Waals surface area contributed by atoms with Gasteiger partial charge in [0.25, 0.3) is 0 Å². The van der Waals surface area contributed by atoms with Gasteiger partial charge in [-0.1, -0.05) is 6.92 Å². The van der Waals surface area contributed by atoms with Gasteiger partial charge >= 0.3 is 0 Å². The first-order valence-corrected chi connectivity index (χ1v) is 7.62. The third-order valence-corrected chi connectivity index (χ3v) is 4.85. The van der Waals surface area contributed by atoms with E-state index in [4.69, 9.17) is 5.11 Å². The number of nitrogens with zero attached hydrogens (tertiary/aromatic N) is 1. The molecule has 5 heteroatoms. The van der Waals surface area contributed by atoms with E-state index in [2.05, 4.69) is 24.1 Å². The Labute approximate surface area is 106 Å². The minimum atomic E-state index is 0.220. The lowest BCUT2D eigenvalue weighted by molar-refractivity contribution is 0.276. The summed E-state index contributed by atoms with van der Waals surface area (Å²) < 4.78 is 0. The lowest BCUT2D eigenvalue weighted by Gasteiger charge is -2.20. The van der Waals surface area contributed by atoms with Crippen LogP contribution in [0.1, 0.15) is 23.7 Å². The molecule has 1 rings (SSSR count). The van der Waals surface area contributed by atoms with Crippen molar-refractivity contribution in [1.82, 2.24) is 10.3 Å². The molecule has 0 saturated carbocycles. The van der Waals surface area contributed by atoms with E-state index in [1.54, 1.807) is 23.1 Å². The number of hydrogen-bond donors (Lipinski definition) is 2. The third kappa shape index (κ3) is 4.05. The van der Waals surface area contributed by atoms with E-state index in [9.17, 15) is 0 Å². The van der Waals surface area contributed by atoms with Crippen molar-refractivity contribution in [3.63, 3.8) is 0 Å². The molecular weight excluding hydrogens is 240 g/mol. The summed E-state index contributed by atoms with van der Waals surface area (Å²) in [5, 5.41) is 14.0. The van der Waals surface area contributed by atoms with Crippen LogP contribution in [0.5, 0.6) is 0 Å². The van der Waals surface area contributed by atoms with Gasteiger partial charge in [0.15, 0.2) is 0 Å². The largest absolute Gasteiger partial charge is 0.395 e. The highest BCUT2D eigenvalue weighted by atomic mass is 32.2. The highest BCUT2D eigenvalue weighted by molar-refractivity contribution is 7.99. The van der Waals surface area contributed by atoms with Crippen LogP contribution in [-0.4, -0.2) is 34.2 Å². The Morgan fingerprint density at radius 1 is 1.62 bits per heavy atom. The van der Waals surface area contributed by atoms with Gasteiger partial charge in [-0.25, -0.2) is 4.98 Å². The van der Waals surface area contributed by atoms with Crippen LogP contribution in [0.15, 0.2) is 6.20 Å². The second-order valence-electron chi connectivity index (χ2n) is 3.70. The van der Waals surface area contributed by atoms with Gasteiger partial charge in [-0.2, -0.15) is 11.8 Å². The first-order chi connectivity index (χ1) is 7.71. The predicted molar refractivity (Wildman–Crippen MR) is 72.2 cm³/mol. The molecule has 0 amide bonds. The summed E-state index contributed by atoms with van der Waals surface area (Å²) in [4.78, 5) is 5.59. The number of thioether (sulfide) groups is 1. The zero-order valence-corrected chi connectivity index (χ0v) is 11.7. The first kappa shape index (κ1) is 14.0. The minimum Gasteiger partial charge on any atom is -0.395 e. The molecule has 0 aromatic carbocycles. The lowest BCUT2D eigenvalue weighted by atomic mass is 10.2. The molecule has 0 spiro atoms. The molecule has 3 nitrogen and oxygen atoms in total. The number of nitrogens with one attached hydrogen (secondary N) is 1. The molecule has 0 aliphatic carbocycles. The summed E-state index contributed by atoms with van der Waals surface area (Å²) in [5.74, 6) is 0. The SMILES string of the molecule is CCc1ncc(CNC(C)C(CO)SC)s1. The van der Waals surface area contributed by atoms with Crippen LogP contribution in [0.25, 0.3) is 0 Å². The number of thiazole rings is 1. The molecule has 0 aliphatic rings. The molecule has 1 heterocycles. The lowest BCUT2D eigenvalue weighted by Crippen LogP contribution is -2.36. The molecule has 0 fully saturated rings. The van der Waals surface area contributed by atoms with E-state index in [1.807, 2.05) is 12.5 Å². The number of aryl methyl sites for hydroxylation is 1. The van der Waals surface area contributed by atoms with E-state index in [-0.39, 0.29) is 11.9 Å². The summed E-state index contributed by atoms with van der Waals surface area (Å²) in [6, 6.07) is 0.312. The molecule has 2 N–H and O–H groups in total. The Bertz CT molecular complexity index is 300. The maximum absolute atomic E-state index is 9.17. The molecule has 0 radical (unpaired) electrons. The summed E-state index contributed by atoms with van der Waals surface area (Å²) in [7, 11) is 0. The van der Waals surface area contributed by atoms with Gasteiger partial charge in [-0.05, 0) is 19.6 Å². The van der Waals surface area contributed by atoms with E-state index >= 15 is 0 Å². The minimum absolute atomic E-state index is 0.220. The Morgan fingerprint density at radius 3 is 2.88 bits per heavy atom. The molecule has 2 unspecified atom stereocenters.